The molecule has 0 saturated carbocycles. The van der Waals surface area contributed by atoms with E-state index < -0.39 is 0 Å². The van der Waals surface area contributed by atoms with Crippen LogP contribution in [-0.4, -0.2) is 26.5 Å². The summed E-state index contributed by atoms with van der Waals surface area (Å²) >= 11 is 0. The Morgan fingerprint density at radius 2 is 1.94 bits per heavy atom. The van der Waals surface area contributed by atoms with Gasteiger partial charge in [-0.25, -0.2) is 0 Å². The standard InChI is InChI=1S/C13H17NO2/c1-4-11-5-9-6-12(15-2)13(16-3)7-10(9)8-14-11/h6-8,11H,4-5H2,1-3H3. The van der Waals surface area contributed by atoms with Crippen LogP contribution in [0.1, 0.15) is 24.5 Å². The fraction of sp³-hybridized carbons (Fsp3) is 0.462. The third-order valence-corrected chi connectivity index (χ3v) is 3.00. The molecule has 86 valence electrons. The minimum Gasteiger partial charge on any atom is -0.493 e. The van der Waals surface area contributed by atoms with Crippen molar-refractivity contribution >= 4 is 6.21 Å². The third kappa shape index (κ3) is 1.90. The van der Waals surface area contributed by atoms with Gasteiger partial charge < -0.3 is 9.47 Å². The highest BCUT2D eigenvalue weighted by molar-refractivity contribution is 5.84. The van der Waals surface area contributed by atoms with E-state index in [-0.39, 0.29) is 0 Å². The SMILES string of the molecule is CCC1Cc2cc(OC)c(OC)cc2C=N1. The smallest absolute Gasteiger partial charge is 0.161 e. The molecule has 1 aliphatic rings. The molecule has 3 nitrogen and oxygen atoms in total. The Bertz CT molecular complexity index is 413. The van der Waals surface area contributed by atoms with E-state index in [9.17, 15) is 0 Å². The molecule has 0 aromatic heterocycles. The summed E-state index contributed by atoms with van der Waals surface area (Å²) in [6.07, 6.45) is 4.00. The van der Waals surface area contributed by atoms with E-state index in [0.29, 0.717) is 6.04 Å². The molecule has 1 atom stereocenters. The Balaban J connectivity index is 2.40. The second kappa shape index (κ2) is 4.56. The molecule has 3 heteroatoms. The maximum Gasteiger partial charge on any atom is 0.161 e. The molecule has 0 aliphatic carbocycles. The van der Waals surface area contributed by atoms with Gasteiger partial charge >= 0.3 is 0 Å². The zero-order valence-electron chi connectivity index (χ0n) is 9.99. The van der Waals surface area contributed by atoms with Crippen molar-refractivity contribution in [3.8, 4) is 11.5 Å². The Hall–Kier alpha value is -1.51. The molecule has 0 spiro atoms. The summed E-state index contributed by atoms with van der Waals surface area (Å²) < 4.78 is 10.6. The van der Waals surface area contributed by atoms with Crippen LogP contribution >= 0.6 is 0 Å². The lowest BCUT2D eigenvalue weighted by molar-refractivity contribution is 0.354. The van der Waals surface area contributed by atoms with Crippen molar-refractivity contribution in [2.24, 2.45) is 4.99 Å². The van der Waals surface area contributed by atoms with Gasteiger partial charge in [0.2, 0.25) is 0 Å². The summed E-state index contributed by atoms with van der Waals surface area (Å²) in [5.41, 5.74) is 2.43. The highest BCUT2D eigenvalue weighted by Crippen LogP contribution is 2.32. The lowest BCUT2D eigenvalue weighted by Crippen LogP contribution is -2.14. The summed E-state index contributed by atoms with van der Waals surface area (Å²) in [4.78, 5) is 4.50. The molecule has 1 heterocycles. The molecule has 2 rings (SSSR count). The Kier molecular flexibility index (Phi) is 3.13. The molecular formula is C13H17NO2. The number of methoxy groups -OCH3 is 2. The monoisotopic (exact) mass is 219 g/mol. The van der Waals surface area contributed by atoms with E-state index in [1.54, 1.807) is 14.2 Å². The van der Waals surface area contributed by atoms with Crippen molar-refractivity contribution in [3.05, 3.63) is 23.3 Å². The highest BCUT2D eigenvalue weighted by atomic mass is 16.5. The first kappa shape index (κ1) is 11.0. The van der Waals surface area contributed by atoms with Gasteiger partial charge in [-0.15, -0.1) is 0 Å². The number of ether oxygens (including phenoxy) is 2. The van der Waals surface area contributed by atoms with Crippen molar-refractivity contribution in [2.45, 2.75) is 25.8 Å². The van der Waals surface area contributed by atoms with E-state index in [0.717, 1.165) is 29.9 Å². The summed E-state index contributed by atoms with van der Waals surface area (Å²) in [6.45, 7) is 2.16. The maximum atomic E-state index is 5.30. The first-order valence-electron chi connectivity index (χ1n) is 5.56. The fourth-order valence-corrected chi connectivity index (χ4v) is 1.98. The average Bonchev–Trinajstić information content (AvgIpc) is 2.36. The van der Waals surface area contributed by atoms with Crippen LogP contribution in [0.25, 0.3) is 0 Å². The zero-order chi connectivity index (χ0) is 11.5. The van der Waals surface area contributed by atoms with Gasteiger partial charge in [0.05, 0.1) is 20.3 Å². The van der Waals surface area contributed by atoms with E-state index in [1.807, 2.05) is 12.3 Å². The van der Waals surface area contributed by atoms with Crippen molar-refractivity contribution in [1.29, 1.82) is 0 Å². The van der Waals surface area contributed by atoms with Gasteiger partial charge in [-0.1, -0.05) is 6.92 Å². The quantitative estimate of drug-likeness (QED) is 0.781. The molecule has 0 amide bonds. The van der Waals surface area contributed by atoms with Crippen molar-refractivity contribution in [2.75, 3.05) is 14.2 Å². The molecule has 1 unspecified atom stereocenters. The molecule has 0 saturated heterocycles. The van der Waals surface area contributed by atoms with Gasteiger partial charge in [-0.05, 0) is 36.1 Å². The largest absolute Gasteiger partial charge is 0.493 e. The van der Waals surface area contributed by atoms with Crippen LogP contribution in [0.5, 0.6) is 11.5 Å². The molecule has 0 fully saturated rings. The molecule has 1 aromatic carbocycles. The van der Waals surface area contributed by atoms with Crippen LogP contribution in [0.4, 0.5) is 0 Å². The maximum absolute atomic E-state index is 5.30. The van der Waals surface area contributed by atoms with Gasteiger partial charge in [0.15, 0.2) is 11.5 Å². The van der Waals surface area contributed by atoms with E-state index in [1.165, 1.54) is 5.56 Å². The Morgan fingerprint density at radius 1 is 1.25 bits per heavy atom. The Morgan fingerprint density at radius 3 is 2.56 bits per heavy atom. The van der Waals surface area contributed by atoms with Crippen molar-refractivity contribution in [1.82, 2.24) is 0 Å². The van der Waals surface area contributed by atoms with Crippen molar-refractivity contribution in [3.63, 3.8) is 0 Å². The van der Waals surface area contributed by atoms with Gasteiger partial charge in [-0.2, -0.15) is 0 Å². The number of aliphatic imine (C=N–C) groups is 1. The topological polar surface area (TPSA) is 30.8 Å². The second-order valence-electron chi connectivity index (χ2n) is 3.95. The van der Waals surface area contributed by atoms with Gasteiger partial charge in [0, 0.05) is 6.21 Å². The number of benzene rings is 1. The van der Waals surface area contributed by atoms with Gasteiger partial charge in [0.1, 0.15) is 0 Å². The zero-order valence-corrected chi connectivity index (χ0v) is 9.99. The summed E-state index contributed by atoms with van der Waals surface area (Å²) in [7, 11) is 3.32. The van der Waals surface area contributed by atoms with Crippen LogP contribution in [-0.2, 0) is 6.42 Å². The third-order valence-electron chi connectivity index (χ3n) is 3.00. The number of fused-ring (bicyclic) bond motifs is 1. The fourth-order valence-electron chi connectivity index (χ4n) is 1.98. The molecule has 1 aromatic rings. The van der Waals surface area contributed by atoms with Crippen LogP contribution in [0.3, 0.4) is 0 Å². The predicted octanol–water partition coefficient (Wildman–Crippen LogP) is 2.46. The number of hydrogen-bond acceptors (Lipinski definition) is 3. The van der Waals surface area contributed by atoms with E-state index in [4.69, 9.17) is 9.47 Å². The Labute approximate surface area is 96.1 Å². The second-order valence-corrected chi connectivity index (χ2v) is 3.95. The first-order chi connectivity index (χ1) is 7.78. The average molecular weight is 219 g/mol. The van der Waals surface area contributed by atoms with Crippen LogP contribution in [0.2, 0.25) is 0 Å². The highest BCUT2D eigenvalue weighted by Gasteiger charge is 2.16. The van der Waals surface area contributed by atoms with Crippen molar-refractivity contribution < 1.29 is 9.47 Å². The van der Waals surface area contributed by atoms with E-state index >= 15 is 0 Å². The molecule has 0 N–H and O–H groups in total. The van der Waals surface area contributed by atoms with Gasteiger partial charge in [0.25, 0.3) is 0 Å². The molecular weight excluding hydrogens is 202 g/mol. The molecule has 16 heavy (non-hydrogen) atoms. The van der Waals surface area contributed by atoms with E-state index in [2.05, 4.69) is 18.0 Å². The summed E-state index contributed by atoms with van der Waals surface area (Å²) in [6, 6.07) is 4.46. The van der Waals surface area contributed by atoms with Crippen LogP contribution in [0, 0.1) is 0 Å². The predicted molar refractivity (Wildman–Crippen MR) is 64.9 cm³/mol. The lowest BCUT2D eigenvalue weighted by Gasteiger charge is -2.19. The molecule has 0 bridgehead atoms. The minimum atomic E-state index is 0.408. The molecule has 1 aliphatic heterocycles. The van der Waals surface area contributed by atoms with Gasteiger partial charge in [-0.3, -0.25) is 4.99 Å². The summed E-state index contributed by atoms with van der Waals surface area (Å²) in [5, 5.41) is 0. The first-order valence-corrected chi connectivity index (χ1v) is 5.56. The summed E-state index contributed by atoms with van der Waals surface area (Å²) in [5.74, 6) is 1.56. The number of hydrogen-bond donors (Lipinski definition) is 0. The van der Waals surface area contributed by atoms with Crippen LogP contribution < -0.4 is 9.47 Å². The lowest BCUT2D eigenvalue weighted by atomic mass is 9.96. The minimum absolute atomic E-state index is 0.408. The number of nitrogens with zero attached hydrogens (tertiary/aromatic N) is 1. The number of rotatable bonds is 3. The molecule has 0 radical (unpaired) electrons. The van der Waals surface area contributed by atoms with Crippen LogP contribution in [0.15, 0.2) is 17.1 Å². The normalized spacial score (nSPS) is 18.1.